The number of benzene rings is 7. The molecule has 0 unspecified atom stereocenters. The molecule has 0 amide bonds. The largest absolute Gasteiger partial charge is 0.309 e. The average Bonchev–Trinajstić information content (AvgIpc) is 3.57. The first-order valence-electron chi connectivity index (χ1n) is 14.5. The van der Waals surface area contributed by atoms with Gasteiger partial charge in [0.05, 0.1) is 33.4 Å². The summed E-state index contributed by atoms with van der Waals surface area (Å²) in [6.45, 7) is 0. The number of aromatic nitrogens is 2. The molecule has 2 aromatic heterocycles. The van der Waals surface area contributed by atoms with Crippen molar-refractivity contribution in [2.24, 2.45) is 0 Å². The summed E-state index contributed by atoms with van der Waals surface area (Å²) in [5, 5.41) is 7.62. The molecule has 0 atom stereocenters. The molecule has 2 nitrogen and oxygen atoms in total. The monoisotopic (exact) mass is 534 g/mol. The normalized spacial score (nSPS) is 11.8. The van der Waals surface area contributed by atoms with E-state index >= 15 is 0 Å². The molecular formula is C40H26N2. The molecule has 2 heteroatoms. The second-order valence-electron chi connectivity index (χ2n) is 10.9. The highest BCUT2D eigenvalue weighted by Gasteiger charge is 2.21. The fourth-order valence-electron chi connectivity index (χ4n) is 6.97. The van der Waals surface area contributed by atoms with Gasteiger partial charge in [0.15, 0.2) is 0 Å². The van der Waals surface area contributed by atoms with Crippen LogP contribution in [0.2, 0.25) is 0 Å². The van der Waals surface area contributed by atoms with Crippen LogP contribution in [0.25, 0.3) is 76.9 Å². The van der Waals surface area contributed by atoms with Gasteiger partial charge < -0.3 is 9.13 Å². The molecule has 2 heterocycles. The first-order chi connectivity index (χ1) is 20.9. The SMILES string of the molecule is c1ccc(-c2ccccc2-n2c3ccccc3c3c4c5ccccc5n(-c5cccc6ccccc56)c4ccc32)cc1. The predicted molar refractivity (Wildman–Crippen MR) is 178 cm³/mol. The van der Waals surface area contributed by atoms with Crippen LogP contribution in [0.15, 0.2) is 158 Å². The van der Waals surface area contributed by atoms with Crippen molar-refractivity contribution in [1.82, 2.24) is 9.13 Å². The van der Waals surface area contributed by atoms with Crippen LogP contribution in [0.5, 0.6) is 0 Å². The summed E-state index contributed by atoms with van der Waals surface area (Å²) < 4.78 is 4.91. The topological polar surface area (TPSA) is 9.86 Å². The molecule has 0 fully saturated rings. The molecule has 0 bridgehead atoms. The van der Waals surface area contributed by atoms with E-state index in [1.165, 1.54) is 76.9 Å². The van der Waals surface area contributed by atoms with E-state index in [4.69, 9.17) is 0 Å². The Bertz CT molecular complexity index is 2450. The van der Waals surface area contributed by atoms with Crippen LogP contribution in [0, 0.1) is 0 Å². The van der Waals surface area contributed by atoms with E-state index < -0.39 is 0 Å². The van der Waals surface area contributed by atoms with Gasteiger partial charge in [-0.25, -0.2) is 0 Å². The highest BCUT2D eigenvalue weighted by molar-refractivity contribution is 6.29. The first kappa shape index (κ1) is 23.1. The van der Waals surface area contributed by atoms with E-state index in [0.29, 0.717) is 0 Å². The summed E-state index contributed by atoms with van der Waals surface area (Å²) in [7, 11) is 0. The smallest absolute Gasteiger partial charge is 0.0549 e. The first-order valence-corrected chi connectivity index (χ1v) is 14.5. The molecule has 9 rings (SSSR count). The molecule has 42 heavy (non-hydrogen) atoms. The van der Waals surface area contributed by atoms with Crippen LogP contribution in [0.1, 0.15) is 0 Å². The lowest BCUT2D eigenvalue weighted by molar-refractivity contribution is 1.18. The van der Waals surface area contributed by atoms with Crippen molar-refractivity contribution in [1.29, 1.82) is 0 Å². The van der Waals surface area contributed by atoms with Gasteiger partial charge in [0.1, 0.15) is 0 Å². The Morgan fingerprint density at radius 2 is 0.810 bits per heavy atom. The number of fused-ring (bicyclic) bond motifs is 8. The molecular weight excluding hydrogens is 508 g/mol. The third-order valence-electron chi connectivity index (χ3n) is 8.71. The van der Waals surface area contributed by atoms with E-state index in [1.807, 2.05) is 0 Å². The molecule has 0 saturated heterocycles. The fraction of sp³-hybridized carbons (Fsp3) is 0. The van der Waals surface area contributed by atoms with Crippen LogP contribution in [-0.4, -0.2) is 9.13 Å². The van der Waals surface area contributed by atoms with E-state index in [2.05, 4.69) is 167 Å². The van der Waals surface area contributed by atoms with Gasteiger partial charge in [-0.05, 0) is 47.3 Å². The lowest BCUT2D eigenvalue weighted by Gasteiger charge is -2.14. The van der Waals surface area contributed by atoms with Gasteiger partial charge in [-0.15, -0.1) is 0 Å². The fourth-order valence-corrected chi connectivity index (χ4v) is 6.97. The van der Waals surface area contributed by atoms with Crippen molar-refractivity contribution < 1.29 is 0 Å². The van der Waals surface area contributed by atoms with Crippen LogP contribution < -0.4 is 0 Å². The van der Waals surface area contributed by atoms with E-state index in [9.17, 15) is 0 Å². The highest BCUT2D eigenvalue weighted by atomic mass is 15.0. The lowest BCUT2D eigenvalue weighted by atomic mass is 10.0. The quantitative estimate of drug-likeness (QED) is 0.213. The maximum absolute atomic E-state index is 2.45. The zero-order valence-electron chi connectivity index (χ0n) is 22.9. The summed E-state index contributed by atoms with van der Waals surface area (Å²) in [6.07, 6.45) is 0. The Morgan fingerprint density at radius 1 is 0.310 bits per heavy atom. The molecule has 0 aliphatic heterocycles. The van der Waals surface area contributed by atoms with Gasteiger partial charge in [-0.3, -0.25) is 0 Å². The third-order valence-corrected chi connectivity index (χ3v) is 8.71. The van der Waals surface area contributed by atoms with Crippen molar-refractivity contribution in [2.75, 3.05) is 0 Å². The predicted octanol–water partition coefficient (Wildman–Crippen LogP) is 10.7. The van der Waals surface area contributed by atoms with Gasteiger partial charge in [-0.2, -0.15) is 0 Å². The van der Waals surface area contributed by atoms with Crippen LogP contribution in [0.4, 0.5) is 0 Å². The zero-order chi connectivity index (χ0) is 27.6. The Balaban J connectivity index is 1.46. The summed E-state index contributed by atoms with van der Waals surface area (Å²) in [4.78, 5) is 0. The Morgan fingerprint density at radius 3 is 1.52 bits per heavy atom. The van der Waals surface area contributed by atoms with Gasteiger partial charge in [0.2, 0.25) is 0 Å². The minimum Gasteiger partial charge on any atom is -0.309 e. The average molecular weight is 535 g/mol. The van der Waals surface area contributed by atoms with Crippen molar-refractivity contribution >= 4 is 54.4 Å². The third kappa shape index (κ3) is 3.21. The van der Waals surface area contributed by atoms with Gasteiger partial charge in [0, 0.05) is 32.5 Å². The van der Waals surface area contributed by atoms with Gasteiger partial charge in [-0.1, -0.05) is 121 Å². The molecule has 0 radical (unpaired) electrons. The van der Waals surface area contributed by atoms with Crippen molar-refractivity contribution in [3.8, 4) is 22.5 Å². The standard InChI is InChI=1S/C40H26N2/c1-2-13-27(14-3-1)29-18-6-9-21-33(29)41-35-22-10-7-19-31(35)39-37(41)25-26-38-40(39)32-20-8-11-23-36(32)42(38)34-24-12-16-28-15-4-5-17-30(28)34/h1-26H. The maximum atomic E-state index is 2.45. The number of hydrogen-bond acceptors (Lipinski definition) is 0. The van der Waals surface area contributed by atoms with Crippen molar-refractivity contribution in [2.45, 2.75) is 0 Å². The molecule has 0 spiro atoms. The zero-order valence-corrected chi connectivity index (χ0v) is 22.9. The molecule has 0 aliphatic rings. The van der Waals surface area contributed by atoms with Crippen LogP contribution >= 0.6 is 0 Å². The molecule has 7 aromatic carbocycles. The van der Waals surface area contributed by atoms with E-state index in [1.54, 1.807) is 0 Å². The summed E-state index contributed by atoms with van der Waals surface area (Å²) in [5.74, 6) is 0. The Kier molecular flexibility index (Phi) is 4.93. The van der Waals surface area contributed by atoms with Crippen molar-refractivity contribution in [3.63, 3.8) is 0 Å². The number of nitrogens with zero attached hydrogens (tertiary/aromatic N) is 2. The van der Waals surface area contributed by atoms with Gasteiger partial charge >= 0.3 is 0 Å². The van der Waals surface area contributed by atoms with E-state index in [-0.39, 0.29) is 0 Å². The number of hydrogen-bond donors (Lipinski definition) is 0. The minimum atomic E-state index is 1.19. The number of rotatable bonds is 3. The molecule has 0 N–H and O–H groups in total. The lowest BCUT2D eigenvalue weighted by Crippen LogP contribution is -1.97. The highest BCUT2D eigenvalue weighted by Crippen LogP contribution is 2.43. The Labute approximate surface area is 243 Å². The molecule has 9 aromatic rings. The second kappa shape index (κ2) is 8.95. The summed E-state index contributed by atoms with van der Waals surface area (Å²) in [5.41, 5.74) is 9.70. The Hall–Kier alpha value is -5.60. The molecule has 0 aliphatic carbocycles. The van der Waals surface area contributed by atoms with Crippen molar-refractivity contribution in [3.05, 3.63) is 158 Å². The summed E-state index contributed by atoms with van der Waals surface area (Å²) in [6, 6.07) is 57.1. The summed E-state index contributed by atoms with van der Waals surface area (Å²) >= 11 is 0. The molecule has 196 valence electrons. The second-order valence-corrected chi connectivity index (χ2v) is 10.9. The van der Waals surface area contributed by atoms with Gasteiger partial charge in [0.25, 0.3) is 0 Å². The van der Waals surface area contributed by atoms with Crippen LogP contribution in [-0.2, 0) is 0 Å². The van der Waals surface area contributed by atoms with E-state index in [0.717, 1.165) is 0 Å². The number of para-hydroxylation sites is 3. The maximum Gasteiger partial charge on any atom is 0.0549 e. The molecule has 0 saturated carbocycles. The van der Waals surface area contributed by atoms with Crippen LogP contribution in [0.3, 0.4) is 0 Å². The minimum absolute atomic E-state index is 1.19.